The van der Waals surface area contributed by atoms with Crippen LogP contribution in [0.1, 0.15) is 31.1 Å². The number of carbonyl (C=O) groups excluding carboxylic acids is 2. The zero-order chi connectivity index (χ0) is 17.9. The van der Waals surface area contributed by atoms with Crippen LogP contribution in [0.5, 0.6) is 0 Å². The Bertz CT molecular complexity index is 594. The summed E-state index contributed by atoms with van der Waals surface area (Å²) in [6.07, 6.45) is 0. The molecule has 148 valence electrons. The lowest BCUT2D eigenvalue weighted by Gasteiger charge is -2.32. The van der Waals surface area contributed by atoms with E-state index in [2.05, 4.69) is 17.3 Å². The number of hydrogen-bond acceptors (Lipinski definition) is 4. The molecule has 6 nitrogen and oxygen atoms in total. The first-order valence-electron chi connectivity index (χ1n) is 8.33. The summed E-state index contributed by atoms with van der Waals surface area (Å²) in [5, 5.41) is 2.80. The van der Waals surface area contributed by atoms with Gasteiger partial charge in [0.15, 0.2) is 0 Å². The molecule has 1 aromatic carbocycles. The second-order valence-corrected chi connectivity index (χ2v) is 7.51. The van der Waals surface area contributed by atoms with Crippen LogP contribution in [0.4, 0.5) is 5.69 Å². The fourth-order valence-corrected chi connectivity index (χ4v) is 2.50. The van der Waals surface area contributed by atoms with Gasteiger partial charge in [0.05, 0.1) is 6.04 Å². The van der Waals surface area contributed by atoms with Gasteiger partial charge in [-0.25, -0.2) is 0 Å². The molecular weight excluding hydrogens is 375 g/mol. The van der Waals surface area contributed by atoms with Crippen LogP contribution in [0.2, 0.25) is 0 Å². The van der Waals surface area contributed by atoms with E-state index in [1.807, 2.05) is 25.7 Å². The van der Waals surface area contributed by atoms with Gasteiger partial charge in [0.25, 0.3) is 5.91 Å². The highest BCUT2D eigenvalue weighted by molar-refractivity contribution is 5.97. The number of likely N-dealkylation sites (N-methyl/N-ethyl adjacent to an activating group) is 1. The third-order valence-corrected chi connectivity index (χ3v) is 4.41. The van der Waals surface area contributed by atoms with Gasteiger partial charge in [0.2, 0.25) is 5.91 Å². The number of nitrogens with one attached hydrogen (secondary N) is 1. The van der Waals surface area contributed by atoms with Gasteiger partial charge in [-0.1, -0.05) is 20.8 Å². The Kier molecular flexibility index (Phi) is 9.59. The molecule has 0 bridgehead atoms. The summed E-state index contributed by atoms with van der Waals surface area (Å²) in [6.45, 7) is 9.05. The van der Waals surface area contributed by atoms with Crippen LogP contribution in [0.25, 0.3) is 0 Å². The summed E-state index contributed by atoms with van der Waals surface area (Å²) in [7, 11) is 2.06. The molecule has 0 aromatic heterocycles. The van der Waals surface area contributed by atoms with Gasteiger partial charge in [-0.05, 0) is 36.7 Å². The number of nitrogens with zero attached hydrogens (tertiary/aromatic N) is 2. The number of carbonyl (C=O) groups is 2. The largest absolute Gasteiger partial charge is 0.336 e. The van der Waals surface area contributed by atoms with Crippen molar-refractivity contribution < 1.29 is 9.59 Å². The predicted octanol–water partition coefficient (Wildman–Crippen LogP) is 2.23. The first-order valence-corrected chi connectivity index (χ1v) is 8.33. The van der Waals surface area contributed by atoms with Crippen molar-refractivity contribution in [1.82, 2.24) is 9.80 Å². The number of anilines is 1. The molecule has 3 N–H and O–H groups in total. The Morgan fingerprint density at radius 3 is 2.00 bits per heavy atom. The summed E-state index contributed by atoms with van der Waals surface area (Å²) in [4.78, 5) is 28.7. The summed E-state index contributed by atoms with van der Waals surface area (Å²) in [5.41, 5.74) is 6.93. The van der Waals surface area contributed by atoms with Gasteiger partial charge in [-0.15, -0.1) is 24.8 Å². The lowest BCUT2D eigenvalue weighted by Crippen LogP contribution is -2.47. The molecule has 0 spiro atoms. The minimum Gasteiger partial charge on any atom is -0.336 e. The van der Waals surface area contributed by atoms with Crippen molar-refractivity contribution in [3.05, 3.63) is 29.8 Å². The fraction of sp³-hybridized carbons (Fsp3) is 0.556. The van der Waals surface area contributed by atoms with Gasteiger partial charge in [0.1, 0.15) is 0 Å². The number of halogens is 2. The molecule has 0 unspecified atom stereocenters. The lowest BCUT2D eigenvalue weighted by molar-refractivity contribution is -0.119. The first kappa shape index (κ1) is 24.7. The van der Waals surface area contributed by atoms with Crippen molar-refractivity contribution in [1.29, 1.82) is 0 Å². The van der Waals surface area contributed by atoms with E-state index in [-0.39, 0.29) is 42.0 Å². The molecule has 8 heteroatoms. The predicted molar refractivity (Wildman–Crippen MR) is 110 cm³/mol. The Morgan fingerprint density at radius 1 is 1.04 bits per heavy atom. The van der Waals surface area contributed by atoms with E-state index in [0.29, 0.717) is 11.3 Å². The van der Waals surface area contributed by atoms with Crippen molar-refractivity contribution in [3.63, 3.8) is 0 Å². The van der Waals surface area contributed by atoms with Crippen LogP contribution in [0.15, 0.2) is 24.3 Å². The van der Waals surface area contributed by atoms with E-state index in [1.54, 1.807) is 24.3 Å². The molecule has 1 fully saturated rings. The number of hydrogen-bond donors (Lipinski definition) is 2. The number of piperazine rings is 1. The summed E-state index contributed by atoms with van der Waals surface area (Å²) >= 11 is 0. The highest BCUT2D eigenvalue weighted by Gasteiger charge is 2.27. The second-order valence-electron chi connectivity index (χ2n) is 7.51. The molecule has 1 aromatic rings. The molecule has 1 atom stereocenters. The molecule has 1 heterocycles. The van der Waals surface area contributed by atoms with Crippen molar-refractivity contribution in [2.24, 2.45) is 11.1 Å². The molecule has 26 heavy (non-hydrogen) atoms. The Hall–Kier alpha value is -1.34. The van der Waals surface area contributed by atoms with Gasteiger partial charge in [-0.3, -0.25) is 9.59 Å². The second kappa shape index (κ2) is 10.1. The zero-order valence-corrected chi connectivity index (χ0v) is 17.5. The van der Waals surface area contributed by atoms with Crippen LogP contribution < -0.4 is 11.1 Å². The van der Waals surface area contributed by atoms with Crippen molar-refractivity contribution in [2.75, 3.05) is 38.5 Å². The summed E-state index contributed by atoms with van der Waals surface area (Å²) < 4.78 is 0. The molecule has 2 rings (SSSR count). The van der Waals surface area contributed by atoms with Crippen LogP contribution in [0, 0.1) is 5.41 Å². The fourth-order valence-electron chi connectivity index (χ4n) is 2.50. The summed E-state index contributed by atoms with van der Waals surface area (Å²) in [5.74, 6) is -0.187. The van der Waals surface area contributed by atoms with Gasteiger partial charge < -0.3 is 20.9 Å². The topological polar surface area (TPSA) is 78.7 Å². The minimum atomic E-state index is -0.593. The molecule has 2 amide bonds. The zero-order valence-electron chi connectivity index (χ0n) is 15.8. The van der Waals surface area contributed by atoms with E-state index in [4.69, 9.17) is 5.73 Å². The average Bonchev–Trinajstić information content (AvgIpc) is 2.54. The van der Waals surface area contributed by atoms with Crippen LogP contribution in [-0.2, 0) is 4.79 Å². The van der Waals surface area contributed by atoms with E-state index < -0.39 is 6.04 Å². The molecule has 0 radical (unpaired) electrons. The van der Waals surface area contributed by atoms with Crippen LogP contribution >= 0.6 is 24.8 Å². The molecular formula is C18H30Cl2N4O2. The maximum absolute atomic E-state index is 12.5. The highest BCUT2D eigenvalue weighted by atomic mass is 35.5. The quantitative estimate of drug-likeness (QED) is 0.809. The van der Waals surface area contributed by atoms with Crippen LogP contribution in [-0.4, -0.2) is 60.9 Å². The molecule has 1 aliphatic heterocycles. The number of benzene rings is 1. The number of nitrogens with two attached hydrogens (primary N) is 1. The lowest BCUT2D eigenvalue weighted by atomic mass is 9.87. The van der Waals surface area contributed by atoms with Gasteiger partial charge in [-0.2, -0.15) is 0 Å². The minimum absolute atomic E-state index is 0. The standard InChI is InChI=1S/C18H28N4O2.2ClH/c1-18(2,3)15(19)16(23)20-14-7-5-13(6-8-14)17(24)22-11-9-21(4)10-12-22;;/h5-8,15H,9-12,19H2,1-4H3,(H,20,23);2*1H/t15-;;/m1../s1. The Balaban J connectivity index is 0.00000312. The van der Waals surface area contributed by atoms with E-state index >= 15 is 0 Å². The average molecular weight is 405 g/mol. The van der Waals surface area contributed by atoms with Gasteiger partial charge in [0, 0.05) is 37.4 Å². The monoisotopic (exact) mass is 404 g/mol. The van der Waals surface area contributed by atoms with E-state index in [1.165, 1.54) is 0 Å². The van der Waals surface area contributed by atoms with E-state index in [9.17, 15) is 9.59 Å². The molecule has 0 aliphatic carbocycles. The van der Waals surface area contributed by atoms with Crippen molar-refractivity contribution >= 4 is 42.3 Å². The maximum Gasteiger partial charge on any atom is 0.253 e. The normalized spacial score (nSPS) is 16.1. The Labute approximate surface area is 168 Å². The highest BCUT2D eigenvalue weighted by Crippen LogP contribution is 2.19. The number of amides is 2. The first-order chi connectivity index (χ1) is 11.2. The number of rotatable bonds is 3. The van der Waals surface area contributed by atoms with Gasteiger partial charge >= 0.3 is 0 Å². The third kappa shape index (κ3) is 6.43. The van der Waals surface area contributed by atoms with Crippen molar-refractivity contribution in [3.8, 4) is 0 Å². The molecule has 1 aliphatic rings. The smallest absolute Gasteiger partial charge is 0.253 e. The third-order valence-electron chi connectivity index (χ3n) is 4.41. The van der Waals surface area contributed by atoms with Crippen molar-refractivity contribution in [2.45, 2.75) is 26.8 Å². The Morgan fingerprint density at radius 2 is 1.54 bits per heavy atom. The SMILES string of the molecule is CN1CCN(C(=O)c2ccc(NC(=O)[C@@H](N)C(C)(C)C)cc2)CC1.Cl.Cl. The van der Waals surface area contributed by atoms with Crippen LogP contribution in [0.3, 0.4) is 0 Å². The maximum atomic E-state index is 12.5. The molecule has 0 saturated carbocycles. The van der Waals surface area contributed by atoms with E-state index in [0.717, 1.165) is 26.2 Å². The molecule has 1 saturated heterocycles. The summed E-state index contributed by atoms with van der Waals surface area (Å²) in [6, 6.07) is 6.40.